The molecule has 1 aliphatic rings. The van der Waals surface area contributed by atoms with Gasteiger partial charge in [-0.15, -0.1) is 22.7 Å². The van der Waals surface area contributed by atoms with E-state index in [4.69, 9.17) is 14.5 Å². The van der Waals surface area contributed by atoms with Crippen molar-refractivity contribution in [1.82, 2.24) is 9.88 Å². The summed E-state index contributed by atoms with van der Waals surface area (Å²) >= 11 is 2.62. The van der Waals surface area contributed by atoms with Gasteiger partial charge in [-0.05, 0) is 51.3 Å². The molecule has 0 aliphatic carbocycles. The number of fused-ring (bicyclic) bond motifs is 1. The lowest BCUT2D eigenvalue weighted by Gasteiger charge is -2.23. The minimum atomic E-state index is -0.582. The van der Waals surface area contributed by atoms with E-state index in [1.807, 2.05) is 24.3 Å². The normalized spacial score (nSPS) is 15.6. The summed E-state index contributed by atoms with van der Waals surface area (Å²) in [6.07, 6.45) is 1.67. The van der Waals surface area contributed by atoms with E-state index in [1.54, 1.807) is 37.0 Å². The van der Waals surface area contributed by atoms with Gasteiger partial charge >= 0.3 is 18.0 Å². The number of urea groups is 1. The fraction of sp³-hybridized carbons (Fsp3) is 0.391. The number of carbonyl (C=O) groups is 3. The highest BCUT2D eigenvalue weighted by Crippen LogP contribution is 2.38. The highest BCUT2D eigenvalue weighted by molar-refractivity contribution is 7.19. The number of rotatable bonds is 6. The Morgan fingerprint density at radius 1 is 1.12 bits per heavy atom. The molecule has 0 radical (unpaired) electrons. The topological polar surface area (TPSA) is 97.8 Å². The highest BCUT2D eigenvalue weighted by atomic mass is 32.1. The Bertz CT molecular complexity index is 1170. The largest absolute Gasteiger partial charge is 0.462 e. The molecule has 1 atom stereocenters. The third-order valence-corrected chi connectivity index (χ3v) is 7.74. The van der Waals surface area contributed by atoms with E-state index in [1.165, 1.54) is 0 Å². The molecule has 2 aromatic heterocycles. The first kappa shape index (κ1) is 23.2. The number of nitrogens with zero attached hydrogens (tertiary/aromatic N) is 2. The molecular weight excluding hydrogens is 462 g/mol. The molecule has 1 aromatic carbocycles. The van der Waals surface area contributed by atoms with Crippen LogP contribution in [0.2, 0.25) is 0 Å². The molecule has 0 bridgehead atoms. The first-order chi connectivity index (χ1) is 15.9. The summed E-state index contributed by atoms with van der Waals surface area (Å²) in [6, 6.07) is 7.43. The quantitative estimate of drug-likeness (QED) is 0.468. The van der Waals surface area contributed by atoms with Crippen LogP contribution in [0.15, 0.2) is 24.3 Å². The van der Waals surface area contributed by atoms with Crippen LogP contribution in [0.3, 0.4) is 0 Å². The number of anilines is 1. The molecule has 1 N–H and O–H groups in total. The van der Waals surface area contributed by atoms with Crippen LogP contribution in [0.25, 0.3) is 10.2 Å². The van der Waals surface area contributed by atoms with Gasteiger partial charge in [-0.3, -0.25) is 5.32 Å². The van der Waals surface area contributed by atoms with Crippen LogP contribution in [0.5, 0.6) is 0 Å². The van der Waals surface area contributed by atoms with Gasteiger partial charge in [-0.25, -0.2) is 19.4 Å². The molecule has 1 fully saturated rings. The van der Waals surface area contributed by atoms with Crippen molar-refractivity contribution in [3.05, 3.63) is 45.3 Å². The Balaban J connectivity index is 1.62. The monoisotopic (exact) mass is 487 g/mol. The molecular formula is C23H25N3O5S2. The van der Waals surface area contributed by atoms with Crippen molar-refractivity contribution in [3.8, 4) is 0 Å². The SMILES string of the molecule is CCOC(=O)c1sc(NC(=O)N2CCCC2c2nc3ccccc3s2)c(C(=O)OCC)c1C. The van der Waals surface area contributed by atoms with Gasteiger partial charge in [-0.1, -0.05) is 12.1 Å². The second-order valence-corrected chi connectivity index (χ2v) is 9.59. The molecule has 10 heteroatoms. The Kier molecular flexibility index (Phi) is 6.94. The Labute approximate surface area is 199 Å². The summed E-state index contributed by atoms with van der Waals surface area (Å²) in [5.74, 6) is -1.11. The van der Waals surface area contributed by atoms with E-state index >= 15 is 0 Å². The van der Waals surface area contributed by atoms with Crippen molar-refractivity contribution in [2.75, 3.05) is 25.1 Å². The first-order valence-electron chi connectivity index (χ1n) is 10.8. The zero-order valence-electron chi connectivity index (χ0n) is 18.7. The summed E-state index contributed by atoms with van der Waals surface area (Å²) in [6.45, 7) is 6.05. The molecule has 8 nitrogen and oxygen atoms in total. The molecule has 174 valence electrons. The van der Waals surface area contributed by atoms with Gasteiger partial charge in [0.15, 0.2) is 0 Å². The summed E-state index contributed by atoms with van der Waals surface area (Å²) in [4.78, 5) is 45.1. The number of carbonyl (C=O) groups excluding carboxylic acids is 3. The number of likely N-dealkylation sites (tertiary alicyclic amines) is 1. The number of hydrogen-bond acceptors (Lipinski definition) is 8. The average Bonchev–Trinajstić information content (AvgIpc) is 3.50. The fourth-order valence-corrected chi connectivity index (χ4v) is 6.10. The second kappa shape index (κ2) is 9.88. The van der Waals surface area contributed by atoms with E-state index < -0.39 is 11.9 Å². The summed E-state index contributed by atoms with van der Waals surface area (Å²) < 4.78 is 11.4. The van der Waals surface area contributed by atoms with Crippen LogP contribution in [0, 0.1) is 6.92 Å². The third kappa shape index (κ3) is 4.58. The second-order valence-electron chi connectivity index (χ2n) is 7.50. The van der Waals surface area contributed by atoms with Crippen molar-refractivity contribution in [2.24, 2.45) is 0 Å². The molecule has 33 heavy (non-hydrogen) atoms. The number of ether oxygens (including phenoxy) is 2. The van der Waals surface area contributed by atoms with Gasteiger partial charge in [0, 0.05) is 6.54 Å². The van der Waals surface area contributed by atoms with Gasteiger partial charge < -0.3 is 14.4 Å². The van der Waals surface area contributed by atoms with Crippen molar-refractivity contribution >= 4 is 55.9 Å². The molecule has 1 saturated heterocycles. The van der Waals surface area contributed by atoms with Gasteiger partial charge in [0.05, 0.1) is 35.0 Å². The van der Waals surface area contributed by atoms with Crippen molar-refractivity contribution in [3.63, 3.8) is 0 Å². The number of benzene rings is 1. The summed E-state index contributed by atoms with van der Waals surface area (Å²) in [5.41, 5.74) is 1.55. The predicted molar refractivity (Wildman–Crippen MR) is 128 cm³/mol. The smallest absolute Gasteiger partial charge is 0.348 e. The van der Waals surface area contributed by atoms with Crippen molar-refractivity contribution < 1.29 is 23.9 Å². The van der Waals surface area contributed by atoms with Crippen LogP contribution in [0.1, 0.15) is 63.3 Å². The van der Waals surface area contributed by atoms with Gasteiger partial charge in [0.25, 0.3) is 0 Å². The molecule has 2 amide bonds. The lowest BCUT2D eigenvalue weighted by Crippen LogP contribution is -2.34. The number of esters is 2. The fourth-order valence-electron chi connectivity index (χ4n) is 3.91. The first-order valence-corrected chi connectivity index (χ1v) is 12.5. The maximum atomic E-state index is 13.3. The maximum Gasteiger partial charge on any atom is 0.348 e. The average molecular weight is 488 g/mol. The minimum Gasteiger partial charge on any atom is -0.462 e. The zero-order valence-corrected chi connectivity index (χ0v) is 20.3. The Hall–Kier alpha value is -2.98. The van der Waals surface area contributed by atoms with Crippen LogP contribution in [0.4, 0.5) is 9.80 Å². The van der Waals surface area contributed by atoms with Gasteiger partial charge in [-0.2, -0.15) is 0 Å². The van der Waals surface area contributed by atoms with Gasteiger partial charge in [0.2, 0.25) is 0 Å². The lowest BCUT2D eigenvalue weighted by molar-refractivity contribution is 0.0527. The van der Waals surface area contributed by atoms with Crippen molar-refractivity contribution in [1.29, 1.82) is 0 Å². The molecule has 3 heterocycles. The van der Waals surface area contributed by atoms with E-state index in [-0.39, 0.29) is 40.7 Å². The predicted octanol–water partition coefficient (Wildman–Crippen LogP) is 5.39. The van der Waals surface area contributed by atoms with Crippen LogP contribution in [-0.2, 0) is 9.47 Å². The standard InChI is InChI=1S/C23H25N3O5S2/c1-4-30-21(27)17-13(3)18(22(28)31-5-2)33-20(17)25-23(29)26-12-8-10-15(26)19-24-14-9-6-7-11-16(14)32-19/h6-7,9,11,15H,4-5,8,10,12H2,1-3H3,(H,25,29). The van der Waals surface area contributed by atoms with Gasteiger partial charge in [0.1, 0.15) is 14.9 Å². The van der Waals surface area contributed by atoms with Crippen LogP contribution >= 0.6 is 22.7 Å². The van der Waals surface area contributed by atoms with Crippen LogP contribution < -0.4 is 5.32 Å². The van der Waals surface area contributed by atoms with E-state index in [9.17, 15) is 14.4 Å². The van der Waals surface area contributed by atoms with E-state index in [2.05, 4.69) is 5.32 Å². The number of aromatic nitrogens is 1. The molecule has 4 rings (SSSR count). The number of amides is 2. The number of thiazole rings is 1. The van der Waals surface area contributed by atoms with Crippen molar-refractivity contribution in [2.45, 2.75) is 39.7 Å². The minimum absolute atomic E-state index is 0.140. The highest BCUT2D eigenvalue weighted by Gasteiger charge is 2.34. The number of hydrogen-bond donors (Lipinski definition) is 1. The van der Waals surface area contributed by atoms with Crippen LogP contribution in [-0.4, -0.2) is 47.6 Å². The maximum absolute atomic E-state index is 13.3. The number of nitrogens with one attached hydrogen (secondary N) is 1. The Morgan fingerprint density at radius 2 is 1.85 bits per heavy atom. The lowest BCUT2D eigenvalue weighted by atomic mass is 10.1. The van der Waals surface area contributed by atoms with E-state index in [0.29, 0.717) is 12.1 Å². The molecule has 3 aromatic rings. The summed E-state index contributed by atoms with van der Waals surface area (Å²) in [7, 11) is 0. The number of thiophene rings is 1. The molecule has 1 aliphatic heterocycles. The molecule has 0 spiro atoms. The number of para-hydroxylation sites is 1. The zero-order chi connectivity index (χ0) is 23.5. The Morgan fingerprint density at radius 3 is 2.58 bits per heavy atom. The molecule has 1 unspecified atom stereocenters. The van der Waals surface area contributed by atoms with E-state index in [0.717, 1.165) is 39.4 Å². The third-order valence-electron chi connectivity index (χ3n) is 5.42. The summed E-state index contributed by atoms with van der Waals surface area (Å²) in [5, 5.41) is 4.04. The molecule has 0 saturated carbocycles.